The second-order valence-corrected chi connectivity index (χ2v) is 4.76. The summed E-state index contributed by atoms with van der Waals surface area (Å²) in [5, 5.41) is 3.69. The fourth-order valence-electron chi connectivity index (χ4n) is 1.96. The summed E-state index contributed by atoms with van der Waals surface area (Å²) >= 11 is 6.16. The smallest absolute Gasteiger partial charge is 0.167 e. The highest BCUT2D eigenvalue weighted by Gasteiger charge is 2.11. The Morgan fingerprint density at radius 2 is 1.90 bits per heavy atom. The molecule has 0 heterocycles. The van der Waals surface area contributed by atoms with Crippen LogP contribution in [0.5, 0.6) is 11.5 Å². The van der Waals surface area contributed by atoms with E-state index < -0.39 is 5.82 Å². The van der Waals surface area contributed by atoms with Gasteiger partial charge in [0.05, 0.1) is 25.6 Å². The van der Waals surface area contributed by atoms with Crippen LogP contribution >= 0.6 is 11.6 Å². The van der Waals surface area contributed by atoms with E-state index >= 15 is 0 Å². The molecule has 3 N–H and O–H groups in total. The second kappa shape index (κ2) is 6.54. The highest BCUT2D eigenvalue weighted by molar-refractivity contribution is 6.31. The summed E-state index contributed by atoms with van der Waals surface area (Å²) in [5.41, 5.74) is 7.45. The molecule has 112 valence electrons. The lowest BCUT2D eigenvalue weighted by Crippen LogP contribution is -2.05. The van der Waals surface area contributed by atoms with Crippen LogP contribution < -0.4 is 20.5 Å². The number of nitrogens with one attached hydrogen (secondary N) is 1. The molecule has 0 unspecified atom stereocenters. The molecular formula is C15H16ClFN2O2. The highest BCUT2D eigenvalue weighted by atomic mass is 35.5. The molecule has 0 saturated carbocycles. The van der Waals surface area contributed by atoms with Crippen LogP contribution in [-0.4, -0.2) is 14.2 Å². The van der Waals surface area contributed by atoms with Crippen molar-refractivity contribution in [3.63, 3.8) is 0 Å². The van der Waals surface area contributed by atoms with E-state index in [1.165, 1.54) is 19.2 Å². The number of ether oxygens (including phenoxy) is 2. The second-order valence-electron chi connectivity index (χ2n) is 4.35. The van der Waals surface area contributed by atoms with Crippen LogP contribution in [0.2, 0.25) is 5.02 Å². The van der Waals surface area contributed by atoms with Gasteiger partial charge in [-0.2, -0.15) is 0 Å². The Bertz CT molecular complexity index is 650. The van der Waals surface area contributed by atoms with Gasteiger partial charge in [0.15, 0.2) is 11.6 Å². The zero-order chi connectivity index (χ0) is 15.4. The number of hydrogen-bond donors (Lipinski definition) is 2. The number of nitrogens with two attached hydrogens (primary N) is 1. The fraction of sp³-hybridized carbons (Fsp3) is 0.200. The van der Waals surface area contributed by atoms with Gasteiger partial charge in [-0.3, -0.25) is 0 Å². The van der Waals surface area contributed by atoms with Gasteiger partial charge >= 0.3 is 0 Å². The van der Waals surface area contributed by atoms with Gasteiger partial charge in [0.2, 0.25) is 0 Å². The summed E-state index contributed by atoms with van der Waals surface area (Å²) in [5.74, 6) is 0.288. The lowest BCUT2D eigenvalue weighted by Gasteiger charge is -2.14. The zero-order valence-electron chi connectivity index (χ0n) is 11.7. The molecule has 2 aromatic carbocycles. The predicted molar refractivity (Wildman–Crippen MR) is 82.7 cm³/mol. The summed E-state index contributed by atoms with van der Waals surface area (Å²) < 4.78 is 23.7. The first-order valence-corrected chi connectivity index (χ1v) is 6.63. The summed E-state index contributed by atoms with van der Waals surface area (Å²) in [6.45, 7) is 0.391. The molecule has 0 aliphatic rings. The molecule has 0 spiro atoms. The van der Waals surface area contributed by atoms with E-state index in [9.17, 15) is 4.39 Å². The van der Waals surface area contributed by atoms with Gasteiger partial charge in [0.1, 0.15) is 5.75 Å². The fourth-order valence-corrected chi connectivity index (χ4v) is 2.20. The number of methoxy groups -OCH3 is 2. The quantitative estimate of drug-likeness (QED) is 0.827. The molecule has 0 amide bonds. The third kappa shape index (κ3) is 3.31. The first kappa shape index (κ1) is 15.3. The number of rotatable bonds is 5. The van der Waals surface area contributed by atoms with Gasteiger partial charge in [-0.25, -0.2) is 4.39 Å². The van der Waals surface area contributed by atoms with Crippen LogP contribution in [0.4, 0.5) is 15.8 Å². The minimum Gasteiger partial charge on any atom is -0.496 e. The summed E-state index contributed by atoms with van der Waals surface area (Å²) in [6.07, 6.45) is 0. The van der Waals surface area contributed by atoms with Crippen molar-refractivity contribution in [2.24, 2.45) is 0 Å². The monoisotopic (exact) mass is 310 g/mol. The molecule has 0 fully saturated rings. The molecule has 0 aliphatic carbocycles. The van der Waals surface area contributed by atoms with E-state index in [1.54, 1.807) is 19.2 Å². The molecule has 4 nitrogen and oxygen atoms in total. The highest BCUT2D eigenvalue weighted by Crippen LogP contribution is 2.31. The molecule has 6 heteroatoms. The summed E-state index contributed by atoms with van der Waals surface area (Å²) in [7, 11) is 2.97. The molecule has 0 radical (unpaired) electrons. The van der Waals surface area contributed by atoms with E-state index in [2.05, 4.69) is 5.32 Å². The Hall–Kier alpha value is -2.14. The molecule has 0 bridgehead atoms. The van der Waals surface area contributed by atoms with Crippen molar-refractivity contribution in [1.82, 2.24) is 0 Å². The Kier molecular flexibility index (Phi) is 4.75. The lowest BCUT2D eigenvalue weighted by molar-refractivity contribution is 0.387. The standard InChI is InChI=1S/C15H16ClFN2O2/c1-20-14-5-3-4-10(16)9(14)8-19-13-7-15(21-2)11(17)6-12(13)18/h3-7,19H,8,18H2,1-2H3. The number of hydrogen-bond acceptors (Lipinski definition) is 4. The molecular weight excluding hydrogens is 295 g/mol. The molecule has 0 atom stereocenters. The summed E-state index contributed by atoms with van der Waals surface area (Å²) in [4.78, 5) is 0. The normalized spacial score (nSPS) is 10.3. The van der Waals surface area contributed by atoms with Gasteiger partial charge in [-0.05, 0) is 12.1 Å². The van der Waals surface area contributed by atoms with E-state index in [4.69, 9.17) is 26.8 Å². The van der Waals surface area contributed by atoms with Gasteiger partial charge < -0.3 is 20.5 Å². The topological polar surface area (TPSA) is 56.5 Å². The Labute approximate surface area is 127 Å². The minimum absolute atomic E-state index is 0.123. The van der Waals surface area contributed by atoms with Crippen LogP contribution in [-0.2, 0) is 6.54 Å². The van der Waals surface area contributed by atoms with E-state index in [0.717, 1.165) is 5.56 Å². The van der Waals surface area contributed by atoms with Gasteiger partial charge in [-0.1, -0.05) is 17.7 Å². The first-order chi connectivity index (χ1) is 10.1. The third-order valence-corrected chi connectivity index (χ3v) is 3.43. The maximum atomic E-state index is 13.5. The lowest BCUT2D eigenvalue weighted by atomic mass is 10.2. The van der Waals surface area contributed by atoms with E-state index in [0.29, 0.717) is 28.7 Å². The van der Waals surface area contributed by atoms with Crippen LogP contribution in [0, 0.1) is 5.82 Å². The molecule has 0 aliphatic heterocycles. The van der Waals surface area contributed by atoms with Crippen molar-refractivity contribution < 1.29 is 13.9 Å². The average molecular weight is 311 g/mol. The van der Waals surface area contributed by atoms with Gasteiger partial charge in [0.25, 0.3) is 0 Å². The molecule has 0 aromatic heterocycles. The first-order valence-electron chi connectivity index (χ1n) is 6.25. The van der Waals surface area contributed by atoms with Gasteiger partial charge in [-0.15, -0.1) is 0 Å². The summed E-state index contributed by atoms with van der Waals surface area (Å²) in [6, 6.07) is 8.12. The zero-order valence-corrected chi connectivity index (χ0v) is 12.5. The van der Waals surface area contributed by atoms with Gasteiger partial charge in [0, 0.05) is 29.3 Å². The number of halogens is 2. The maximum absolute atomic E-state index is 13.5. The third-order valence-electron chi connectivity index (χ3n) is 3.08. The molecule has 0 saturated heterocycles. The van der Waals surface area contributed by atoms with Crippen LogP contribution in [0.3, 0.4) is 0 Å². The van der Waals surface area contributed by atoms with Crippen LogP contribution in [0.25, 0.3) is 0 Å². The average Bonchev–Trinajstić information content (AvgIpc) is 2.47. The molecule has 21 heavy (non-hydrogen) atoms. The van der Waals surface area contributed by atoms with Crippen molar-refractivity contribution in [1.29, 1.82) is 0 Å². The number of anilines is 2. The van der Waals surface area contributed by atoms with Crippen molar-refractivity contribution in [3.8, 4) is 11.5 Å². The largest absolute Gasteiger partial charge is 0.496 e. The Morgan fingerprint density at radius 3 is 2.57 bits per heavy atom. The maximum Gasteiger partial charge on any atom is 0.167 e. The van der Waals surface area contributed by atoms with Crippen molar-refractivity contribution in [2.75, 3.05) is 25.3 Å². The SMILES string of the molecule is COc1cc(NCc2c(Cl)cccc2OC)c(N)cc1F. The Balaban J connectivity index is 2.25. The van der Waals surface area contributed by atoms with E-state index in [-0.39, 0.29) is 5.75 Å². The van der Waals surface area contributed by atoms with Crippen LogP contribution in [0.15, 0.2) is 30.3 Å². The number of nitrogen functional groups attached to an aromatic ring is 1. The van der Waals surface area contributed by atoms with Crippen molar-refractivity contribution in [2.45, 2.75) is 6.54 Å². The molecule has 2 rings (SSSR count). The minimum atomic E-state index is -0.504. The van der Waals surface area contributed by atoms with Crippen molar-refractivity contribution in [3.05, 3.63) is 46.7 Å². The Morgan fingerprint density at radius 1 is 1.19 bits per heavy atom. The number of benzene rings is 2. The van der Waals surface area contributed by atoms with Crippen molar-refractivity contribution >= 4 is 23.0 Å². The predicted octanol–water partition coefficient (Wildman–Crippen LogP) is 3.69. The van der Waals surface area contributed by atoms with E-state index in [1.807, 2.05) is 6.07 Å². The van der Waals surface area contributed by atoms with Crippen LogP contribution in [0.1, 0.15) is 5.56 Å². The molecule has 2 aromatic rings.